The number of halogens is 2. The summed E-state index contributed by atoms with van der Waals surface area (Å²) in [6, 6.07) is 0. The molecule has 2 rings (SSSR count). The second kappa shape index (κ2) is 5.07. The number of hydrogen-bond donors (Lipinski definition) is 0. The average Bonchev–Trinajstić information content (AvgIpc) is 2.78. The molecule has 19 heavy (non-hydrogen) atoms. The second-order valence-corrected chi connectivity index (χ2v) is 4.45. The number of carbonyl (C=O) groups is 2. The third kappa shape index (κ3) is 2.36. The number of alkyl halides is 2. The molecule has 1 aromatic heterocycles. The van der Waals surface area contributed by atoms with Gasteiger partial charge in [0.1, 0.15) is 17.9 Å². The zero-order valence-electron chi connectivity index (χ0n) is 10.7. The molecule has 0 aliphatic heterocycles. The maximum Gasteiger partial charge on any atom is 0.327 e. The van der Waals surface area contributed by atoms with E-state index in [9.17, 15) is 18.4 Å². The molecule has 1 aliphatic rings. The highest BCUT2D eigenvalue weighted by Gasteiger charge is 2.36. The highest BCUT2D eigenvalue weighted by atomic mass is 19.3. The van der Waals surface area contributed by atoms with E-state index in [1.165, 1.54) is 0 Å². The maximum atomic E-state index is 13.1. The summed E-state index contributed by atoms with van der Waals surface area (Å²) in [6.45, 7) is 3.07. The molecular weight excluding hydrogens is 258 g/mol. The summed E-state index contributed by atoms with van der Waals surface area (Å²) in [7, 11) is 0. The molecule has 104 valence electrons. The fourth-order valence-electron chi connectivity index (χ4n) is 2.24. The molecule has 0 amide bonds. The first kappa shape index (κ1) is 13.6. The molecule has 7 heteroatoms. The SMILES string of the molecule is CCOC(=O)Cn1nc2c(c1C(F)F)CC(C)C2=O. The third-order valence-electron chi connectivity index (χ3n) is 3.08. The molecule has 5 nitrogen and oxygen atoms in total. The van der Waals surface area contributed by atoms with E-state index in [0.717, 1.165) is 4.68 Å². The first-order chi connectivity index (χ1) is 8.95. The van der Waals surface area contributed by atoms with E-state index in [-0.39, 0.29) is 41.7 Å². The summed E-state index contributed by atoms with van der Waals surface area (Å²) in [5.74, 6) is -1.22. The van der Waals surface area contributed by atoms with Crippen LogP contribution in [-0.4, -0.2) is 28.1 Å². The van der Waals surface area contributed by atoms with Crippen molar-refractivity contribution in [2.24, 2.45) is 5.92 Å². The molecule has 0 saturated heterocycles. The fourth-order valence-corrected chi connectivity index (χ4v) is 2.24. The summed E-state index contributed by atoms with van der Waals surface area (Å²) in [5, 5.41) is 3.85. The zero-order valence-corrected chi connectivity index (χ0v) is 10.7. The quantitative estimate of drug-likeness (QED) is 0.783. The highest BCUT2D eigenvalue weighted by molar-refractivity contribution is 6.00. The van der Waals surface area contributed by atoms with Crippen LogP contribution in [0.1, 0.15) is 42.0 Å². The van der Waals surface area contributed by atoms with Crippen molar-refractivity contribution in [1.82, 2.24) is 9.78 Å². The summed E-state index contributed by atoms with van der Waals surface area (Å²) < 4.78 is 31.8. The number of Topliss-reactive ketones (excluding diaryl/α,β-unsaturated/α-hetero) is 1. The van der Waals surface area contributed by atoms with Crippen molar-refractivity contribution in [1.29, 1.82) is 0 Å². The van der Waals surface area contributed by atoms with Crippen LogP contribution in [0.2, 0.25) is 0 Å². The Labute approximate surface area is 108 Å². The maximum absolute atomic E-state index is 13.1. The predicted octanol–water partition coefficient (Wildman–Crippen LogP) is 1.76. The van der Waals surface area contributed by atoms with E-state index in [1.807, 2.05) is 0 Å². The molecule has 0 spiro atoms. The number of ether oxygens (including phenoxy) is 1. The van der Waals surface area contributed by atoms with Crippen molar-refractivity contribution in [2.75, 3.05) is 6.61 Å². The summed E-state index contributed by atoms with van der Waals surface area (Å²) >= 11 is 0. The number of nitrogens with zero attached hydrogens (tertiary/aromatic N) is 2. The van der Waals surface area contributed by atoms with Crippen molar-refractivity contribution in [3.8, 4) is 0 Å². The minimum absolute atomic E-state index is 0.0621. The number of esters is 1. The fraction of sp³-hybridized carbons (Fsp3) is 0.583. The summed E-state index contributed by atoms with van der Waals surface area (Å²) in [5.41, 5.74) is -0.0235. The molecule has 1 atom stereocenters. The van der Waals surface area contributed by atoms with Crippen LogP contribution in [0.25, 0.3) is 0 Å². The van der Waals surface area contributed by atoms with Crippen LogP contribution in [0.15, 0.2) is 0 Å². The Hall–Kier alpha value is -1.79. The van der Waals surface area contributed by atoms with Gasteiger partial charge in [0.05, 0.1) is 6.61 Å². The molecule has 0 fully saturated rings. The third-order valence-corrected chi connectivity index (χ3v) is 3.08. The largest absolute Gasteiger partial charge is 0.465 e. The van der Waals surface area contributed by atoms with Gasteiger partial charge in [-0.15, -0.1) is 0 Å². The molecule has 1 unspecified atom stereocenters. The van der Waals surface area contributed by atoms with Crippen molar-refractivity contribution in [3.63, 3.8) is 0 Å². The van der Waals surface area contributed by atoms with Crippen molar-refractivity contribution >= 4 is 11.8 Å². The molecule has 1 aromatic rings. The lowest BCUT2D eigenvalue weighted by Crippen LogP contribution is -2.18. The number of rotatable bonds is 4. The highest BCUT2D eigenvalue weighted by Crippen LogP contribution is 2.33. The van der Waals surface area contributed by atoms with Gasteiger partial charge in [0.15, 0.2) is 5.78 Å². The number of hydrogen-bond acceptors (Lipinski definition) is 4. The predicted molar refractivity (Wildman–Crippen MR) is 61.0 cm³/mol. The summed E-state index contributed by atoms with van der Waals surface area (Å²) in [6.07, 6.45) is -2.53. The van der Waals surface area contributed by atoms with Gasteiger partial charge in [-0.05, 0) is 13.3 Å². The average molecular weight is 272 g/mol. The van der Waals surface area contributed by atoms with Gasteiger partial charge in [0.25, 0.3) is 6.43 Å². The van der Waals surface area contributed by atoms with Gasteiger partial charge in [-0.3, -0.25) is 14.3 Å². The smallest absolute Gasteiger partial charge is 0.327 e. The van der Waals surface area contributed by atoms with Crippen molar-refractivity contribution < 1.29 is 23.1 Å². The van der Waals surface area contributed by atoms with Crippen LogP contribution < -0.4 is 0 Å². The van der Waals surface area contributed by atoms with Gasteiger partial charge in [0, 0.05) is 11.5 Å². The molecule has 1 heterocycles. The Bertz CT molecular complexity index is 525. The van der Waals surface area contributed by atoms with E-state index in [4.69, 9.17) is 4.74 Å². The van der Waals surface area contributed by atoms with Gasteiger partial charge in [0.2, 0.25) is 0 Å². The van der Waals surface area contributed by atoms with E-state index < -0.39 is 18.9 Å². The molecule has 0 bridgehead atoms. The molecule has 0 aromatic carbocycles. The van der Waals surface area contributed by atoms with E-state index in [0.29, 0.717) is 0 Å². The Morgan fingerprint density at radius 1 is 1.58 bits per heavy atom. The standard InChI is InChI=1S/C12H14F2N2O3/c1-3-19-8(17)5-16-10(12(13)14)7-4-6(2)11(18)9(7)15-16/h6,12H,3-5H2,1-2H3. The molecule has 1 aliphatic carbocycles. The Morgan fingerprint density at radius 3 is 2.84 bits per heavy atom. The van der Waals surface area contributed by atoms with Crippen LogP contribution >= 0.6 is 0 Å². The Balaban J connectivity index is 2.36. The van der Waals surface area contributed by atoms with Crippen LogP contribution in [0.5, 0.6) is 0 Å². The number of fused-ring (bicyclic) bond motifs is 1. The van der Waals surface area contributed by atoms with Crippen molar-refractivity contribution in [2.45, 2.75) is 33.2 Å². The van der Waals surface area contributed by atoms with Crippen LogP contribution in [-0.2, 0) is 22.5 Å². The first-order valence-electron chi connectivity index (χ1n) is 6.03. The number of ketones is 1. The number of aromatic nitrogens is 2. The second-order valence-electron chi connectivity index (χ2n) is 4.45. The van der Waals surface area contributed by atoms with Gasteiger partial charge in [-0.1, -0.05) is 6.92 Å². The van der Waals surface area contributed by atoms with E-state index >= 15 is 0 Å². The lowest BCUT2D eigenvalue weighted by atomic mass is 10.1. The van der Waals surface area contributed by atoms with E-state index in [1.54, 1.807) is 13.8 Å². The number of carbonyl (C=O) groups excluding carboxylic acids is 2. The van der Waals surface area contributed by atoms with Gasteiger partial charge in [-0.2, -0.15) is 5.10 Å². The van der Waals surface area contributed by atoms with Crippen LogP contribution in [0.3, 0.4) is 0 Å². The van der Waals surface area contributed by atoms with Crippen LogP contribution in [0, 0.1) is 5.92 Å². The molecule has 0 N–H and O–H groups in total. The minimum Gasteiger partial charge on any atom is -0.465 e. The Kier molecular flexibility index (Phi) is 3.64. The van der Waals surface area contributed by atoms with Crippen LogP contribution in [0.4, 0.5) is 8.78 Å². The molecule has 0 radical (unpaired) electrons. The summed E-state index contributed by atoms with van der Waals surface area (Å²) in [4.78, 5) is 23.1. The normalized spacial score (nSPS) is 17.9. The minimum atomic E-state index is -2.77. The van der Waals surface area contributed by atoms with Gasteiger partial charge in [-0.25, -0.2) is 8.78 Å². The molecule has 0 saturated carbocycles. The van der Waals surface area contributed by atoms with Gasteiger partial charge >= 0.3 is 5.97 Å². The van der Waals surface area contributed by atoms with Crippen molar-refractivity contribution in [3.05, 3.63) is 17.0 Å². The lowest BCUT2D eigenvalue weighted by Gasteiger charge is -2.08. The molecular formula is C12H14F2N2O3. The van der Waals surface area contributed by atoms with E-state index in [2.05, 4.69) is 5.10 Å². The first-order valence-corrected chi connectivity index (χ1v) is 6.03. The van der Waals surface area contributed by atoms with Gasteiger partial charge < -0.3 is 4.74 Å². The Morgan fingerprint density at radius 2 is 2.26 bits per heavy atom. The lowest BCUT2D eigenvalue weighted by molar-refractivity contribution is -0.144. The topological polar surface area (TPSA) is 61.2 Å². The monoisotopic (exact) mass is 272 g/mol. The zero-order chi connectivity index (χ0) is 14.2.